The van der Waals surface area contributed by atoms with E-state index in [0.717, 1.165) is 5.56 Å². The van der Waals surface area contributed by atoms with Gasteiger partial charge >= 0.3 is 0 Å². The number of fused-ring (bicyclic) bond motifs is 1. The SMILES string of the molecule is O=C([O-])C[C@@H]1OCc2c(O)cccc21. The van der Waals surface area contributed by atoms with Gasteiger partial charge in [-0.05, 0) is 11.6 Å². The van der Waals surface area contributed by atoms with Crippen molar-refractivity contribution < 1.29 is 19.7 Å². The lowest BCUT2D eigenvalue weighted by Gasteiger charge is -2.11. The number of benzene rings is 1. The number of phenolic OH excluding ortho intramolecular Hbond substituents is 1. The highest BCUT2D eigenvalue weighted by atomic mass is 16.5. The van der Waals surface area contributed by atoms with Crippen LogP contribution in [0.3, 0.4) is 0 Å². The van der Waals surface area contributed by atoms with Crippen LogP contribution in [0.4, 0.5) is 0 Å². The molecule has 1 heterocycles. The van der Waals surface area contributed by atoms with Crippen molar-refractivity contribution in [2.45, 2.75) is 19.1 Å². The van der Waals surface area contributed by atoms with Crippen LogP contribution in [0, 0.1) is 0 Å². The molecule has 0 unspecified atom stereocenters. The number of hydrogen-bond donors (Lipinski definition) is 1. The number of ether oxygens (including phenoxy) is 1. The second-order valence-electron chi connectivity index (χ2n) is 3.22. The molecule has 1 aliphatic heterocycles. The monoisotopic (exact) mass is 193 g/mol. The van der Waals surface area contributed by atoms with E-state index in [1.807, 2.05) is 0 Å². The second kappa shape index (κ2) is 3.31. The Labute approximate surface area is 80.7 Å². The maximum Gasteiger partial charge on any atom is 0.121 e. The van der Waals surface area contributed by atoms with Gasteiger partial charge < -0.3 is 19.7 Å². The van der Waals surface area contributed by atoms with Gasteiger partial charge in [0.25, 0.3) is 0 Å². The van der Waals surface area contributed by atoms with Gasteiger partial charge in [0.2, 0.25) is 0 Å². The number of carbonyl (C=O) groups excluding carboxylic acids is 1. The molecule has 0 saturated heterocycles. The smallest absolute Gasteiger partial charge is 0.121 e. The summed E-state index contributed by atoms with van der Waals surface area (Å²) in [5.41, 5.74) is 1.42. The summed E-state index contributed by atoms with van der Waals surface area (Å²) in [7, 11) is 0. The van der Waals surface area contributed by atoms with Gasteiger partial charge in [0.05, 0.1) is 12.7 Å². The molecule has 1 N–H and O–H groups in total. The summed E-state index contributed by atoms with van der Waals surface area (Å²) in [5, 5.41) is 19.8. The average Bonchev–Trinajstić information content (AvgIpc) is 2.49. The van der Waals surface area contributed by atoms with Crippen LogP contribution in [0.5, 0.6) is 5.75 Å². The summed E-state index contributed by atoms with van der Waals surface area (Å²) in [4.78, 5) is 10.4. The zero-order chi connectivity index (χ0) is 10.1. The third kappa shape index (κ3) is 1.44. The molecule has 2 rings (SSSR count). The van der Waals surface area contributed by atoms with E-state index in [9.17, 15) is 15.0 Å². The minimum absolute atomic E-state index is 0.156. The third-order valence-electron chi connectivity index (χ3n) is 2.32. The van der Waals surface area contributed by atoms with Crippen molar-refractivity contribution in [2.75, 3.05) is 0 Å². The molecule has 0 bridgehead atoms. The predicted molar refractivity (Wildman–Crippen MR) is 45.3 cm³/mol. The van der Waals surface area contributed by atoms with Crippen LogP contribution >= 0.6 is 0 Å². The van der Waals surface area contributed by atoms with E-state index in [1.54, 1.807) is 18.2 Å². The van der Waals surface area contributed by atoms with E-state index >= 15 is 0 Å². The van der Waals surface area contributed by atoms with Crippen LogP contribution in [0.1, 0.15) is 23.7 Å². The fraction of sp³-hybridized carbons (Fsp3) is 0.300. The summed E-state index contributed by atoms with van der Waals surface area (Å²) >= 11 is 0. The molecular formula is C10H9O4-. The Morgan fingerprint density at radius 2 is 2.43 bits per heavy atom. The molecule has 1 aliphatic rings. The minimum Gasteiger partial charge on any atom is -0.550 e. The van der Waals surface area contributed by atoms with Crippen LogP contribution in [-0.2, 0) is 16.1 Å². The Hall–Kier alpha value is -1.55. The molecule has 1 aromatic carbocycles. The Bertz CT molecular complexity index is 372. The van der Waals surface area contributed by atoms with Crippen LogP contribution < -0.4 is 5.11 Å². The predicted octanol–water partition coefficient (Wildman–Crippen LogP) is 0.103. The van der Waals surface area contributed by atoms with Crippen LogP contribution in [0.2, 0.25) is 0 Å². The van der Waals surface area contributed by atoms with Gasteiger partial charge in [-0.2, -0.15) is 0 Å². The van der Waals surface area contributed by atoms with E-state index in [0.29, 0.717) is 5.56 Å². The van der Waals surface area contributed by atoms with Gasteiger partial charge in [-0.15, -0.1) is 0 Å². The Morgan fingerprint density at radius 1 is 1.64 bits per heavy atom. The number of rotatable bonds is 2. The molecule has 0 radical (unpaired) electrons. The summed E-state index contributed by atoms with van der Waals surface area (Å²) in [6.07, 6.45) is -0.654. The maximum atomic E-state index is 10.4. The van der Waals surface area contributed by atoms with E-state index in [4.69, 9.17) is 4.74 Å². The Balaban J connectivity index is 2.30. The number of aliphatic carboxylic acids is 1. The number of carboxylic acid groups (broad SMARTS) is 1. The highest BCUT2D eigenvalue weighted by molar-refractivity contribution is 5.65. The molecule has 74 valence electrons. The molecule has 0 spiro atoms. The van der Waals surface area contributed by atoms with E-state index in [1.165, 1.54) is 0 Å². The van der Waals surface area contributed by atoms with Crippen molar-refractivity contribution in [3.63, 3.8) is 0 Å². The topological polar surface area (TPSA) is 69.6 Å². The lowest BCUT2D eigenvalue weighted by molar-refractivity contribution is -0.307. The molecule has 4 nitrogen and oxygen atoms in total. The normalized spacial score (nSPS) is 19.3. The van der Waals surface area contributed by atoms with Crippen molar-refractivity contribution >= 4 is 5.97 Å². The Morgan fingerprint density at radius 3 is 3.14 bits per heavy atom. The lowest BCUT2D eigenvalue weighted by atomic mass is 10.0. The molecule has 0 saturated carbocycles. The largest absolute Gasteiger partial charge is 0.550 e. The van der Waals surface area contributed by atoms with E-state index in [-0.39, 0.29) is 18.8 Å². The van der Waals surface area contributed by atoms with Crippen molar-refractivity contribution in [3.05, 3.63) is 29.3 Å². The van der Waals surface area contributed by atoms with Gasteiger partial charge in [-0.25, -0.2) is 0 Å². The second-order valence-corrected chi connectivity index (χ2v) is 3.22. The highest BCUT2D eigenvalue weighted by Crippen LogP contribution is 2.37. The average molecular weight is 193 g/mol. The first kappa shape index (κ1) is 9.02. The first-order valence-electron chi connectivity index (χ1n) is 4.30. The van der Waals surface area contributed by atoms with Crippen LogP contribution in [-0.4, -0.2) is 11.1 Å². The molecule has 1 atom stereocenters. The zero-order valence-corrected chi connectivity index (χ0v) is 7.40. The number of hydrogen-bond acceptors (Lipinski definition) is 4. The van der Waals surface area contributed by atoms with Crippen LogP contribution in [0.15, 0.2) is 18.2 Å². The fourth-order valence-corrected chi connectivity index (χ4v) is 1.64. The fourth-order valence-electron chi connectivity index (χ4n) is 1.64. The molecule has 0 aromatic heterocycles. The van der Waals surface area contributed by atoms with Gasteiger partial charge in [0, 0.05) is 18.0 Å². The van der Waals surface area contributed by atoms with Gasteiger partial charge in [0.15, 0.2) is 0 Å². The minimum atomic E-state index is -1.15. The molecule has 0 amide bonds. The Kier molecular flexibility index (Phi) is 2.13. The van der Waals surface area contributed by atoms with Crippen molar-refractivity contribution in [2.24, 2.45) is 0 Å². The molecule has 0 aliphatic carbocycles. The number of carboxylic acids is 1. The third-order valence-corrected chi connectivity index (χ3v) is 2.32. The summed E-state index contributed by atoms with van der Waals surface area (Å²) in [6.45, 7) is 0.264. The standard InChI is InChI=1S/C10H10O4/c11-8-3-1-2-6-7(8)5-14-9(6)4-10(12)13/h1-3,9,11H,4-5H2,(H,12,13)/p-1/t9-/m0/s1. The molecule has 4 heteroatoms. The zero-order valence-electron chi connectivity index (χ0n) is 7.40. The first-order chi connectivity index (χ1) is 6.68. The molecular weight excluding hydrogens is 184 g/mol. The van der Waals surface area contributed by atoms with Crippen LogP contribution in [0.25, 0.3) is 0 Å². The molecule has 0 fully saturated rings. The number of aromatic hydroxyl groups is 1. The van der Waals surface area contributed by atoms with Gasteiger partial charge in [0.1, 0.15) is 5.75 Å². The van der Waals surface area contributed by atoms with Crippen molar-refractivity contribution in [1.82, 2.24) is 0 Å². The van der Waals surface area contributed by atoms with Gasteiger partial charge in [-0.1, -0.05) is 12.1 Å². The molecule has 1 aromatic rings. The maximum absolute atomic E-state index is 10.4. The van der Waals surface area contributed by atoms with E-state index < -0.39 is 12.1 Å². The quantitative estimate of drug-likeness (QED) is 0.723. The first-order valence-corrected chi connectivity index (χ1v) is 4.30. The number of phenols is 1. The van der Waals surface area contributed by atoms with Gasteiger partial charge in [-0.3, -0.25) is 0 Å². The lowest BCUT2D eigenvalue weighted by Crippen LogP contribution is -2.24. The van der Waals surface area contributed by atoms with Crippen molar-refractivity contribution in [1.29, 1.82) is 0 Å². The molecule has 14 heavy (non-hydrogen) atoms. The summed E-state index contributed by atoms with van der Waals surface area (Å²) in [5.74, 6) is -0.991. The van der Waals surface area contributed by atoms with Crippen molar-refractivity contribution in [3.8, 4) is 5.75 Å². The highest BCUT2D eigenvalue weighted by Gasteiger charge is 2.25. The summed E-state index contributed by atoms with van der Waals surface area (Å²) < 4.78 is 5.23. The van der Waals surface area contributed by atoms with E-state index in [2.05, 4.69) is 0 Å². The number of carbonyl (C=O) groups is 1. The summed E-state index contributed by atoms with van der Waals surface area (Å²) in [6, 6.07) is 4.99.